The van der Waals surface area contributed by atoms with Gasteiger partial charge in [-0.3, -0.25) is 19.5 Å². The first-order valence-electron chi connectivity index (χ1n) is 10.4. The minimum atomic E-state index is -0.656. The first-order chi connectivity index (χ1) is 17.1. The Morgan fingerprint density at radius 3 is 2.50 bits per heavy atom. The van der Waals surface area contributed by atoms with Gasteiger partial charge in [0.2, 0.25) is 11.7 Å². The van der Waals surface area contributed by atoms with E-state index in [0.29, 0.717) is 22.7 Å². The van der Waals surface area contributed by atoms with Crippen LogP contribution in [-0.4, -0.2) is 43.9 Å². The summed E-state index contributed by atoms with van der Waals surface area (Å²) in [5.74, 6) is -1.19. The number of nitrogens with one attached hydrogen (secondary N) is 1. The minimum absolute atomic E-state index is 0.0449. The molecule has 2 aromatic carbocycles. The number of hydrogen-bond acceptors (Lipinski definition) is 9. The van der Waals surface area contributed by atoms with Crippen LogP contribution in [0.25, 0.3) is 0 Å². The van der Waals surface area contributed by atoms with Gasteiger partial charge in [0.1, 0.15) is 5.82 Å². The number of aryl methyl sites for hydroxylation is 1. The molecule has 0 aliphatic heterocycles. The van der Waals surface area contributed by atoms with Gasteiger partial charge in [-0.25, -0.2) is 9.82 Å². The van der Waals surface area contributed by atoms with Gasteiger partial charge in [-0.2, -0.15) is 5.10 Å². The summed E-state index contributed by atoms with van der Waals surface area (Å²) >= 11 is 0.887. The van der Waals surface area contributed by atoms with Crippen LogP contribution in [0, 0.1) is 33.0 Å². The van der Waals surface area contributed by atoms with Crippen LogP contribution >= 0.6 is 11.8 Å². The zero-order valence-electron chi connectivity index (χ0n) is 19.4. The van der Waals surface area contributed by atoms with E-state index in [1.165, 1.54) is 48.1 Å². The molecule has 188 valence electrons. The third-order valence-corrected chi connectivity index (χ3v) is 6.08. The van der Waals surface area contributed by atoms with Crippen molar-refractivity contribution >= 4 is 34.9 Å². The highest BCUT2D eigenvalue weighted by Gasteiger charge is 2.27. The van der Waals surface area contributed by atoms with Crippen molar-refractivity contribution in [2.24, 2.45) is 5.10 Å². The molecule has 0 bridgehead atoms. The molecule has 1 amide bonds. The second-order valence-electron chi connectivity index (χ2n) is 7.42. The van der Waals surface area contributed by atoms with Crippen molar-refractivity contribution in [3.05, 3.63) is 85.5 Å². The number of ether oxygens (including phenoxy) is 1. The van der Waals surface area contributed by atoms with Crippen LogP contribution in [0.15, 0.2) is 52.6 Å². The number of carbonyl (C=O) groups is 1. The second kappa shape index (κ2) is 11.4. The average molecular weight is 517 g/mol. The molecule has 0 aliphatic carbocycles. The number of amides is 1. The number of benzene rings is 2. The largest absolute Gasteiger partial charge is 0.490 e. The van der Waals surface area contributed by atoms with E-state index in [2.05, 4.69) is 15.5 Å². The fourth-order valence-electron chi connectivity index (χ4n) is 3.20. The summed E-state index contributed by atoms with van der Waals surface area (Å²) in [4.78, 5) is 38.0. The van der Waals surface area contributed by atoms with Gasteiger partial charge in [0, 0.05) is 13.0 Å². The number of rotatable bonds is 10. The van der Waals surface area contributed by atoms with Crippen molar-refractivity contribution < 1.29 is 23.8 Å². The number of hydrogen-bond donors (Lipinski definition) is 1. The van der Waals surface area contributed by atoms with E-state index in [0.717, 1.165) is 11.8 Å². The lowest BCUT2D eigenvalue weighted by molar-refractivity contribution is -0.392. The molecule has 1 heterocycles. The van der Waals surface area contributed by atoms with Crippen LogP contribution in [0.5, 0.6) is 5.75 Å². The van der Waals surface area contributed by atoms with Crippen LogP contribution in [0.3, 0.4) is 0 Å². The molecular weight excluding hydrogens is 495 g/mol. The minimum Gasteiger partial charge on any atom is -0.490 e. The van der Waals surface area contributed by atoms with Gasteiger partial charge in [0.05, 0.1) is 30.0 Å². The predicted molar refractivity (Wildman–Crippen MR) is 130 cm³/mol. The number of carbonyl (C=O) groups excluding carboxylic acids is 1. The lowest BCUT2D eigenvalue weighted by Crippen LogP contribution is -2.21. The van der Waals surface area contributed by atoms with E-state index < -0.39 is 27.4 Å². The van der Waals surface area contributed by atoms with Crippen molar-refractivity contribution in [1.82, 2.24) is 15.0 Å². The Balaban J connectivity index is 1.79. The lowest BCUT2D eigenvalue weighted by Gasteiger charge is -2.09. The van der Waals surface area contributed by atoms with Crippen molar-refractivity contribution in [2.45, 2.75) is 25.4 Å². The molecule has 12 nitrogen and oxygen atoms in total. The Morgan fingerprint density at radius 2 is 1.89 bits per heavy atom. The van der Waals surface area contributed by atoms with Crippen LogP contribution in [0.2, 0.25) is 0 Å². The Bertz CT molecular complexity index is 1340. The van der Waals surface area contributed by atoms with Gasteiger partial charge in [-0.05, 0) is 46.2 Å². The van der Waals surface area contributed by atoms with E-state index in [-0.39, 0.29) is 28.8 Å². The Morgan fingerprint density at radius 1 is 1.19 bits per heavy atom. The van der Waals surface area contributed by atoms with Crippen molar-refractivity contribution in [2.75, 3.05) is 12.9 Å². The third-order valence-electron chi connectivity index (χ3n) is 5.00. The molecule has 0 spiro atoms. The molecule has 0 unspecified atom stereocenters. The van der Waals surface area contributed by atoms with E-state index in [4.69, 9.17) is 4.74 Å². The summed E-state index contributed by atoms with van der Waals surface area (Å²) in [7, 11) is 1.32. The number of imidazole rings is 1. The SMILES string of the molecule is COc1ccc(Cn2c(C)nc([N+](=O)[O-])c2SCC(=O)N/N=C(/C)c2ccc(F)cc2)cc1[N+](=O)[O-]. The maximum absolute atomic E-state index is 13.1. The van der Waals surface area contributed by atoms with Crippen molar-refractivity contribution in [1.29, 1.82) is 0 Å². The first-order valence-corrected chi connectivity index (χ1v) is 11.3. The maximum Gasteiger partial charge on any atom is 0.396 e. The highest BCUT2D eigenvalue weighted by Crippen LogP contribution is 2.32. The molecule has 3 aromatic rings. The molecule has 1 aromatic heterocycles. The molecule has 0 saturated heterocycles. The Hall–Kier alpha value is -4.33. The number of hydrazone groups is 1. The number of halogens is 1. The first kappa shape index (κ1) is 26.3. The quantitative estimate of drug-likeness (QED) is 0.184. The molecule has 3 rings (SSSR count). The van der Waals surface area contributed by atoms with Crippen LogP contribution in [0.1, 0.15) is 23.9 Å². The molecule has 0 aliphatic rings. The number of methoxy groups -OCH3 is 1. The van der Waals surface area contributed by atoms with Gasteiger partial charge in [0.15, 0.2) is 10.8 Å². The summed E-state index contributed by atoms with van der Waals surface area (Å²) < 4.78 is 19.6. The predicted octanol–water partition coefficient (Wildman–Crippen LogP) is 3.84. The second-order valence-corrected chi connectivity index (χ2v) is 8.39. The summed E-state index contributed by atoms with van der Waals surface area (Å²) in [6.07, 6.45) is 0. The van der Waals surface area contributed by atoms with Crippen LogP contribution in [-0.2, 0) is 11.3 Å². The van der Waals surface area contributed by atoms with E-state index in [9.17, 15) is 29.4 Å². The van der Waals surface area contributed by atoms with E-state index in [1.807, 2.05) is 0 Å². The third kappa shape index (κ3) is 6.21. The monoisotopic (exact) mass is 516 g/mol. The summed E-state index contributed by atoms with van der Waals surface area (Å²) in [5, 5.41) is 27.0. The molecule has 0 saturated carbocycles. The van der Waals surface area contributed by atoms with Crippen molar-refractivity contribution in [3.63, 3.8) is 0 Å². The molecular formula is C22H21FN6O6S. The number of nitro groups is 2. The maximum atomic E-state index is 13.1. The highest BCUT2D eigenvalue weighted by molar-refractivity contribution is 8.00. The number of thioether (sulfide) groups is 1. The molecule has 14 heteroatoms. The van der Waals surface area contributed by atoms with E-state index >= 15 is 0 Å². The summed E-state index contributed by atoms with van der Waals surface area (Å²) in [5.41, 5.74) is 3.67. The number of nitro benzene ring substituents is 1. The van der Waals surface area contributed by atoms with Gasteiger partial charge in [-0.1, -0.05) is 30.0 Å². The van der Waals surface area contributed by atoms with Gasteiger partial charge < -0.3 is 14.9 Å². The van der Waals surface area contributed by atoms with Crippen LogP contribution < -0.4 is 10.2 Å². The van der Waals surface area contributed by atoms with Crippen LogP contribution in [0.4, 0.5) is 15.9 Å². The average Bonchev–Trinajstić information content (AvgIpc) is 3.16. The fourth-order valence-corrected chi connectivity index (χ4v) is 4.14. The number of aromatic nitrogens is 2. The fraction of sp³-hybridized carbons (Fsp3) is 0.227. The topological polar surface area (TPSA) is 155 Å². The number of nitrogens with zero attached hydrogens (tertiary/aromatic N) is 5. The molecule has 36 heavy (non-hydrogen) atoms. The smallest absolute Gasteiger partial charge is 0.396 e. The van der Waals surface area contributed by atoms with Crippen molar-refractivity contribution in [3.8, 4) is 5.75 Å². The Kier molecular flexibility index (Phi) is 8.32. The lowest BCUT2D eigenvalue weighted by atomic mass is 10.1. The molecule has 1 N–H and O–H groups in total. The van der Waals surface area contributed by atoms with Gasteiger partial charge in [0.25, 0.3) is 0 Å². The summed E-state index contributed by atoms with van der Waals surface area (Å²) in [6, 6.07) is 9.93. The standard InChI is InChI=1S/C22H21FN6O6S/c1-13(16-5-7-17(23)8-6-16)25-26-20(30)12-36-22-21(29(33)34)24-14(2)27(22)11-15-4-9-19(35-3)18(10-15)28(31)32/h4-10H,11-12H2,1-3H3,(H,26,30)/b25-13-. The van der Waals surface area contributed by atoms with Gasteiger partial charge >= 0.3 is 11.5 Å². The molecule has 0 atom stereocenters. The molecule has 0 fully saturated rings. The normalized spacial score (nSPS) is 11.3. The zero-order valence-corrected chi connectivity index (χ0v) is 20.2. The van der Waals surface area contributed by atoms with Gasteiger partial charge in [-0.15, -0.1) is 0 Å². The highest BCUT2D eigenvalue weighted by atomic mass is 32.2. The van der Waals surface area contributed by atoms with E-state index in [1.54, 1.807) is 19.9 Å². The Labute approximate surface area is 208 Å². The molecule has 0 radical (unpaired) electrons. The summed E-state index contributed by atoms with van der Waals surface area (Å²) in [6.45, 7) is 3.24. The zero-order chi connectivity index (χ0) is 26.4.